The second kappa shape index (κ2) is 8.22. The second-order valence-corrected chi connectivity index (χ2v) is 7.21. The summed E-state index contributed by atoms with van der Waals surface area (Å²) in [5.41, 5.74) is 5.36. The number of methoxy groups -OCH3 is 1. The molecular weight excluding hydrogens is 360 g/mol. The van der Waals surface area contributed by atoms with Gasteiger partial charge in [-0.05, 0) is 44.0 Å². The zero-order valence-electron chi connectivity index (χ0n) is 15.8. The van der Waals surface area contributed by atoms with Crippen molar-refractivity contribution in [1.82, 2.24) is 4.98 Å². The third-order valence-corrected chi connectivity index (χ3v) is 4.84. The van der Waals surface area contributed by atoms with Gasteiger partial charge >= 0.3 is 0 Å². The smallest absolute Gasteiger partial charge is 0.264 e. The van der Waals surface area contributed by atoms with Crippen molar-refractivity contribution >= 4 is 22.4 Å². The van der Waals surface area contributed by atoms with Gasteiger partial charge in [0.2, 0.25) is 0 Å². The summed E-state index contributed by atoms with van der Waals surface area (Å²) >= 11 is 1.39. The van der Waals surface area contributed by atoms with Crippen molar-refractivity contribution in [3.63, 3.8) is 0 Å². The number of nitrogens with zero attached hydrogens (tertiary/aromatic N) is 1. The molecule has 5 nitrogen and oxygen atoms in total. The molecule has 2 aromatic carbocycles. The van der Waals surface area contributed by atoms with Crippen molar-refractivity contribution in [3.05, 3.63) is 58.5 Å². The molecule has 0 fully saturated rings. The van der Waals surface area contributed by atoms with Gasteiger partial charge < -0.3 is 9.47 Å². The van der Waals surface area contributed by atoms with Gasteiger partial charge in [0.25, 0.3) is 5.91 Å². The maximum absolute atomic E-state index is 12.2. The van der Waals surface area contributed by atoms with E-state index >= 15 is 0 Å². The molecule has 1 N–H and O–H groups in total. The molecule has 6 heteroatoms. The number of thiazole rings is 1. The van der Waals surface area contributed by atoms with Crippen LogP contribution >= 0.6 is 11.3 Å². The van der Waals surface area contributed by atoms with Gasteiger partial charge in [0.05, 0.1) is 12.8 Å². The fourth-order valence-corrected chi connectivity index (χ4v) is 3.48. The molecule has 1 amide bonds. The van der Waals surface area contributed by atoms with Crippen molar-refractivity contribution in [1.29, 1.82) is 0 Å². The average molecular weight is 382 g/mol. The molecule has 3 rings (SSSR count). The van der Waals surface area contributed by atoms with Crippen LogP contribution in [0.3, 0.4) is 0 Å². The second-order valence-electron chi connectivity index (χ2n) is 6.35. The lowest BCUT2D eigenvalue weighted by Crippen LogP contribution is -2.20. The monoisotopic (exact) mass is 382 g/mol. The van der Waals surface area contributed by atoms with Crippen LogP contribution in [0.25, 0.3) is 11.3 Å². The highest BCUT2D eigenvalue weighted by atomic mass is 32.1. The first-order chi connectivity index (χ1) is 13.0. The van der Waals surface area contributed by atoms with E-state index in [-0.39, 0.29) is 12.5 Å². The number of carbonyl (C=O) groups is 1. The quantitative estimate of drug-likeness (QED) is 0.668. The van der Waals surface area contributed by atoms with Gasteiger partial charge in [-0.2, -0.15) is 0 Å². The Kier molecular flexibility index (Phi) is 5.76. The predicted molar refractivity (Wildman–Crippen MR) is 109 cm³/mol. The highest BCUT2D eigenvalue weighted by molar-refractivity contribution is 7.14. The molecule has 140 valence electrons. The number of amides is 1. The topological polar surface area (TPSA) is 60.5 Å². The van der Waals surface area contributed by atoms with Crippen LogP contribution in [-0.2, 0) is 4.79 Å². The SMILES string of the molecule is COc1cc(C)ccc1OCC(=O)Nc1nc(-c2ccc(C)cc2C)cs1. The van der Waals surface area contributed by atoms with Crippen molar-refractivity contribution in [2.24, 2.45) is 0 Å². The van der Waals surface area contributed by atoms with Crippen LogP contribution < -0.4 is 14.8 Å². The Hall–Kier alpha value is -2.86. The first-order valence-corrected chi connectivity index (χ1v) is 9.44. The molecule has 3 aromatic rings. The highest BCUT2D eigenvalue weighted by Crippen LogP contribution is 2.29. The lowest BCUT2D eigenvalue weighted by molar-refractivity contribution is -0.118. The van der Waals surface area contributed by atoms with Gasteiger partial charge in [0, 0.05) is 10.9 Å². The van der Waals surface area contributed by atoms with Crippen molar-refractivity contribution in [2.45, 2.75) is 20.8 Å². The summed E-state index contributed by atoms with van der Waals surface area (Å²) in [6, 6.07) is 11.8. The lowest BCUT2D eigenvalue weighted by atomic mass is 10.0. The van der Waals surface area contributed by atoms with E-state index in [1.54, 1.807) is 13.2 Å². The molecule has 0 saturated heterocycles. The van der Waals surface area contributed by atoms with Crippen LogP contribution in [0.2, 0.25) is 0 Å². The molecule has 0 bridgehead atoms. The summed E-state index contributed by atoms with van der Waals surface area (Å²) in [7, 11) is 1.58. The molecule has 0 radical (unpaired) electrons. The summed E-state index contributed by atoms with van der Waals surface area (Å²) in [6.07, 6.45) is 0. The van der Waals surface area contributed by atoms with Gasteiger partial charge in [-0.15, -0.1) is 11.3 Å². The van der Waals surface area contributed by atoms with Crippen LogP contribution in [-0.4, -0.2) is 24.6 Å². The number of benzene rings is 2. The maximum atomic E-state index is 12.2. The normalized spacial score (nSPS) is 10.5. The van der Waals surface area contributed by atoms with Crippen LogP contribution in [0.5, 0.6) is 11.5 Å². The molecule has 1 aromatic heterocycles. The largest absolute Gasteiger partial charge is 0.493 e. The molecule has 27 heavy (non-hydrogen) atoms. The Morgan fingerprint density at radius 1 is 1.07 bits per heavy atom. The molecule has 0 aliphatic rings. The van der Waals surface area contributed by atoms with Gasteiger partial charge in [-0.3, -0.25) is 10.1 Å². The molecule has 0 aliphatic carbocycles. The summed E-state index contributed by atoms with van der Waals surface area (Å²) in [4.78, 5) is 16.7. The Morgan fingerprint density at radius 2 is 1.81 bits per heavy atom. The third kappa shape index (κ3) is 4.65. The van der Waals surface area contributed by atoms with E-state index in [1.807, 2.05) is 24.4 Å². The number of hydrogen-bond donors (Lipinski definition) is 1. The van der Waals surface area contributed by atoms with E-state index in [4.69, 9.17) is 9.47 Å². The number of carbonyl (C=O) groups excluding carboxylic acids is 1. The van der Waals surface area contributed by atoms with E-state index < -0.39 is 0 Å². The minimum atomic E-state index is -0.265. The summed E-state index contributed by atoms with van der Waals surface area (Å²) in [6.45, 7) is 5.97. The number of nitrogens with one attached hydrogen (secondary N) is 1. The first kappa shape index (κ1) is 18.9. The number of hydrogen-bond acceptors (Lipinski definition) is 5. The standard InChI is InChI=1S/C21H22N2O3S/c1-13-5-7-16(15(3)9-13)17-12-27-21(22-17)23-20(24)11-26-18-8-6-14(2)10-19(18)25-4/h5-10,12H,11H2,1-4H3,(H,22,23,24). The van der Waals surface area contributed by atoms with Crippen LogP contribution in [0.15, 0.2) is 41.8 Å². The van der Waals surface area contributed by atoms with Crippen LogP contribution in [0.1, 0.15) is 16.7 Å². The molecule has 0 spiro atoms. The van der Waals surface area contributed by atoms with E-state index in [1.165, 1.54) is 16.9 Å². The molecule has 0 unspecified atom stereocenters. The number of aromatic nitrogens is 1. The Labute approximate surface area is 163 Å². The van der Waals surface area contributed by atoms with Crippen LogP contribution in [0.4, 0.5) is 5.13 Å². The molecule has 0 saturated carbocycles. The minimum absolute atomic E-state index is 0.113. The molecule has 0 aliphatic heterocycles. The molecular formula is C21H22N2O3S. The minimum Gasteiger partial charge on any atom is -0.493 e. The van der Waals surface area contributed by atoms with Crippen LogP contribution in [0, 0.1) is 20.8 Å². The van der Waals surface area contributed by atoms with Gasteiger partial charge in [-0.25, -0.2) is 4.98 Å². The van der Waals surface area contributed by atoms with E-state index in [2.05, 4.69) is 42.3 Å². The van der Waals surface area contributed by atoms with Crippen molar-refractivity contribution in [2.75, 3.05) is 19.0 Å². The summed E-state index contributed by atoms with van der Waals surface area (Å²) < 4.78 is 10.9. The lowest BCUT2D eigenvalue weighted by Gasteiger charge is -2.10. The first-order valence-electron chi connectivity index (χ1n) is 8.56. The Bertz CT molecular complexity index is 966. The van der Waals surface area contributed by atoms with E-state index in [0.29, 0.717) is 16.6 Å². The average Bonchev–Trinajstić information content (AvgIpc) is 3.08. The Balaban J connectivity index is 1.63. The highest BCUT2D eigenvalue weighted by Gasteiger charge is 2.12. The number of ether oxygens (including phenoxy) is 2. The van der Waals surface area contributed by atoms with Gasteiger partial charge in [0.15, 0.2) is 23.2 Å². The number of anilines is 1. The number of rotatable bonds is 6. The maximum Gasteiger partial charge on any atom is 0.264 e. The zero-order chi connectivity index (χ0) is 19.4. The predicted octanol–water partition coefficient (Wildman–Crippen LogP) is 4.76. The fourth-order valence-electron chi connectivity index (χ4n) is 2.75. The number of aryl methyl sites for hydroxylation is 3. The molecule has 1 heterocycles. The zero-order valence-corrected chi connectivity index (χ0v) is 16.6. The van der Waals surface area contributed by atoms with Gasteiger partial charge in [0.1, 0.15) is 0 Å². The summed E-state index contributed by atoms with van der Waals surface area (Å²) in [5.74, 6) is 0.877. The fraction of sp³-hybridized carbons (Fsp3) is 0.238. The van der Waals surface area contributed by atoms with Crippen molar-refractivity contribution < 1.29 is 14.3 Å². The Morgan fingerprint density at radius 3 is 2.56 bits per heavy atom. The third-order valence-electron chi connectivity index (χ3n) is 4.09. The molecule has 0 atom stereocenters. The van der Waals surface area contributed by atoms with Crippen molar-refractivity contribution in [3.8, 4) is 22.8 Å². The van der Waals surface area contributed by atoms with E-state index in [0.717, 1.165) is 22.4 Å². The van der Waals surface area contributed by atoms with E-state index in [9.17, 15) is 4.79 Å². The summed E-state index contributed by atoms with van der Waals surface area (Å²) in [5, 5.41) is 5.28. The van der Waals surface area contributed by atoms with Gasteiger partial charge in [-0.1, -0.05) is 29.8 Å².